The molecule has 4 rings (SSSR count). The Morgan fingerprint density at radius 2 is 1.84 bits per heavy atom. The van der Waals surface area contributed by atoms with E-state index in [0.29, 0.717) is 23.1 Å². The lowest BCUT2D eigenvalue weighted by atomic mass is 9.82. The minimum absolute atomic E-state index is 0.0447. The van der Waals surface area contributed by atoms with Crippen molar-refractivity contribution in [1.82, 2.24) is 19.9 Å². The zero-order valence-corrected chi connectivity index (χ0v) is 19.3. The maximum Gasteiger partial charge on any atom is 0.261 e. The fraction of sp³-hybridized carbons (Fsp3) is 0.720. The van der Waals surface area contributed by atoms with Gasteiger partial charge in [-0.15, -0.1) is 0 Å². The van der Waals surface area contributed by atoms with Crippen LogP contribution in [0.25, 0.3) is 10.9 Å². The predicted molar refractivity (Wildman–Crippen MR) is 124 cm³/mol. The Balaban J connectivity index is 1.75. The van der Waals surface area contributed by atoms with Crippen LogP contribution >= 0.6 is 0 Å². The number of hydrogen-bond donors (Lipinski definition) is 2. The molecule has 6 nitrogen and oxygen atoms in total. The standard InChI is InChI=1S/C25H38N4O2/c1-16(2)12-17(3)13-23-27-14-21-24(28-23)22(18-4-6-20(30)7-5-18)15-29(25(21)31)19-8-10-26-11-9-19/h14-20,26,30H,4-13H2,1-3H3. The minimum atomic E-state index is -0.195. The quantitative estimate of drug-likeness (QED) is 0.731. The number of aliphatic hydroxyl groups excluding tert-OH is 1. The Bertz CT molecular complexity index is 940. The molecule has 2 aliphatic rings. The minimum Gasteiger partial charge on any atom is -0.393 e. The van der Waals surface area contributed by atoms with E-state index in [0.717, 1.165) is 75.8 Å². The lowest BCUT2D eigenvalue weighted by Crippen LogP contribution is -2.35. The van der Waals surface area contributed by atoms with Crippen molar-refractivity contribution in [2.75, 3.05) is 13.1 Å². The Hall–Kier alpha value is -1.79. The highest BCUT2D eigenvalue weighted by molar-refractivity contribution is 5.80. The van der Waals surface area contributed by atoms with E-state index in [1.165, 1.54) is 5.56 Å². The summed E-state index contributed by atoms with van der Waals surface area (Å²) in [5.74, 6) is 2.35. The molecule has 0 aromatic carbocycles. The first-order valence-electron chi connectivity index (χ1n) is 12.2. The molecule has 1 aliphatic carbocycles. The molecule has 1 atom stereocenters. The predicted octanol–water partition coefficient (Wildman–Crippen LogP) is 3.96. The van der Waals surface area contributed by atoms with Crippen LogP contribution in [0.15, 0.2) is 17.2 Å². The van der Waals surface area contributed by atoms with E-state index < -0.39 is 0 Å². The zero-order chi connectivity index (χ0) is 22.0. The highest BCUT2D eigenvalue weighted by Crippen LogP contribution is 2.36. The van der Waals surface area contributed by atoms with E-state index >= 15 is 0 Å². The fourth-order valence-corrected chi connectivity index (χ4v) is 5.54. The van der Waals surface area contributed by atoms with Crippen molar-refractivity contribution < 1.29 is 5.11 Å². The van der Waals surface area contributed by atoms with Crippen LogP contribution in [-0.2, 0) is 6.42 Å². The monoisotopic (exact) mass is 426 g/mol. The maximum absolute atomic E-state index is 13.4. The molecule has 3 heterocycles. The van der Waals surface area contributed by atoms with Crippen molar-refractivity contribution in [3.63, 3.8) is 0 Å². The third-order valence-corrected chi connectivity index (χ3v) is 7.10. The van der Waals surface area contributed by atoms with Crippen LogP contribution in [0.2, 0.25) is 0 Å². The molecule has 0 radical (unpaired) electrons. The van der Waals surface area contributed by atoms with Crippen LogP contribution in [0.4, 0.5) is 0 Å². The molecule has 1 unspecified atom stereocenters. The SMILES string of the molecule is CC(C)CC(C)Cc1ncc2c(=O)n(C3CCNCC3)cc(C3CCC(O)CC3)c2n1. The molecule has 1 aliphatic heterocycles. The molecule has 1 saturated carbocycles. The van der Waals surface area contributed by atoms with E-state index in [1.54, 1.807) is 6.20 Å². The van der Waals surface area contributed by atoms with Crippen molar-refractivity contribution in [2.45, 2.75) is 90.2 Å². The van der Waals surface area contributed by atoms with Gasteiger partial charge in [0.15, 0.2) is 0 Å². The summed E-state index contributed by atoms with van der Waals surface area (Å²) in [7, 11) is 0. The van der Waals surface area contributed by atoms with Gasteiger partial charge in [0, 0.05) is 24.9 Å². The molecular formula is C25H38N4O2. The number of nitrogens with one attached hydrogen (secondary N) is 1. The number of rotatable bonds is 6. The van der Waals surface area contributed by atoms with E-state index in [-0.39, 0.29) is 17.7 Å². The second kappa shape index (κ2) is 9.78. The van der Waals surface area contributed by atoms with Crippen molar-refractivity contribution >= 4 is 10.9 Å². The van der Waals surface area contributed by atoms with Crippen LogP contribution in [0.1, 0.15) is 89.1 Å². The molecule has 2 N–H and O–H groups in total. The average molecular weight is 427 g/mol. The number of nitrogens with zero attached hydrogens (tertiary/aromatic N) is 3. The average Bonchev–Trinajstić information content (AvgIpc) is 2.75. The van der Waals surface area contributed by atoms with Crippen LogP contribution in [-0.4, -0.2) is 38.8 Å². The lowest BCUT2D eigenvalue weighted by Gasteiger charge is -2.29. The van der Waals surface area contributed by atoms with Gasteiger partial charge in [0.2, 0.25) is 0 Å². The number of pyridine rings is 1. The van der Waals surface area contributed by atoms with Gasteiger partial charge in [-0.25, -0.2) is 9.97 Å². The smallest absolute Gasteiger partial charge is 0.261 e. The molecule has 0 bridgehead atoms. The summed E-state index contributed by atoms with van der Waals surface area (Å²) in [6.45, 7) is 8.64. The van der Waals surface area contributed by atoms with Gasteiger partial charge in [-0.1, -0.05) is 20.8 Å². The van der Waals surface area contributed by atoms with Gasteiger partial charge in [0.05, 0.1) is 17.0 Å². The molecule has 31 heavy (non-hydrogen) atoms. The van der Waals surface area contributed by atoms with Crippen molar-refractivity contribution in [2.24, 2.45) is 11.8 Å². The highest BCUT2D eigenvalue weighted by Gasteiger charge is 2.26. The first-order chi connectivity index (χ1) is 14.9. The number of aromatic nitrogens is 3. The Kier molecular flexibility index (Phi) is 7.07. The molecule has 1 saturated heterocycles. The number of fused-ring (bicyclic) bond motifs is 1. The van der Waals surface area contributed by atoms with Crippen molar-refractivity contribution in [3.05, 3.63) is 34.1 Å². The molecular weight excluding hydrogens is 388 g/mol. The van der Waals surface area contributed by atoms with Gasteiger partial charge >= 0.3 is 0 Å². The Morgan fingerprint density at radius 1 is 1.13 bits per heavy atom. The van der Waals surface area contributed by atoms with Gasteiger partial charge in [-0.2, -0.15) is 0 Å². The van der Waals surface area contributed by atoms with Gasteiger partial charge in [-0.05, 0) is 81.4 Å². The Labute approximate surface area is 185 Å². The molecule has 2 fully saturated rings. The number of piperidine rings is 1. The van der Waals surface area contributed by atoms with Gasteiger partial charge < -0.3 is 15.0 Å². The van der Waals surface area contributed by atoms with E-state index in [2.05, 4.69) is 37.3 Å². The molecule has 2 aromatic heterocycles. The van der Waals surface area contributed by atoms with Crippen LogP contribution in [0, 0.1) is 11.8 Å². The molecule has 0 amide bonds. The van der Waals surface area contributed by atoms with Crippen LogP contribution in [0.3, 0.4) is 0 Å². The normalized spacial score (nSPS) is 24.0. The lowest BCUT2D eigenvalue weighted by molar-refractivity contribution is 0.122. The largest absolute Gasteiger partial charge is 0.393 e. The summed E-state index contributed by atoms with van der Waals surface area (Å²) in [4.78, 5) is 23.0. The first kappa shape index (κ1) is 22.4. The number of aliphatic hydroxyl groups is 1. The number of hydrogen-bond acceptors (Lipinski definition) is 5. The van der Waals surface area contributed by atoms with E-state index in [4.69, 9.17) is 4.98 Å². The topological polar surface area (TPSA) is 80.0 Å². The summed E-state index contributed by atoms with van der Waals surface area (Å²) >= 11 is 0. The Morgan fingerprint density at radius 3 is 2.52 bits per heavy atom. The summed E-state index contributed by atoms with van der Waals surface area (Å²) in [6.07, 6.45) is 11.2. The summed E-state index contributed by atoms with van der Waals surface area (Å²) in [5.41, 5.74) is 2.07. The van der Waals surface area contributed by atoms with Crippen molar-refractivity contribution in [1.29, 1.82) is 0 Å². The second-order valence-electron chi connectivity index (χ2n) is 10.3. The van der Waals surface area contributed by atoms with E-state index in [1.807, 2.05) is 4.57 Å². The zero-order valence-electron chi connectivity index (χ0n) is 19.3. The molecule has 0 spiro atoms. The first-order valence-corrected chi connectivity index (χ1v) is 12.2. The maximum atomic E-state index is 13.4. The third-order valence-electron chi connectivity index (χ3n) is 7.10. The molecule has 170 valence electrons. The van der Waals surface area contributed by atoms with Crippen LogP contribution in [0.5, 0.6) is 0 Å². The molecule has 2 aromatic rings. The van der Waals surface area contributed by atoms with Crippen molar-refractivity contribution in [3.8, 4) is 0 Å². The summed E-state index contributed by atoms with van der Waals surface area (Å²) < 4.78 is 1.97. The summed E-state index contributed by atoms with van der Waals surface area (Å²) in [6, 6.07) is 0.233. The second-order valence-corrected chi connectivity index (χ2v) is 10.3. The van der Waals surface area contributed by atoms with Crippen LogP contribution < -0.4 is 10.9 Å². The molecule has 6 heteroatoms. The third kappa shape index (κ3) is 5.17. The summed E-state index contributed by atoms with van der Waals surface area (Å²) in [5, 5.41) is 14.1. The van der Waals surface area contributed by atoms with E-state index in [9.17, 15) is 9.90 Å². The highest BCUT2D eigenvalue weighted by atomic mass is 16.3. The van der Waals surface area contributed by atoms with Gasteiger partial charge in [0.25, 0.3) is 5.56 Å². The van der Waals surface area contributed by atoms with Gasteiger partial charge in [0.1, 0.15) is 5.82 Å². The fourth-order valence-electron chi connectivity index (χ4n) is 5.54. The van der Waals surface area contributed by atoms with Gasteiger partial charge in [-0.3, -0.25) is 4.79 Å².